The van der Waals surface area contributed by atoms with Crippen LogP contribution in [0.15, 0.2) is 0 Å². The third kappa shape index (κ3) is 2.43. The third-order valence-electron chi connectivity index (χ3n) is 1.38. The van der Waals surface area contributed by atoms with E-state index in [0.29, 0.717) is 0 Å². The first kappa shape index (κ1) is 12.7. The number of carbonyl (C=O) groups excluding carboxylic acids is 1. The number of hydrogen-bond acceptors (Lipinski definition) is 4. The monoisotopic (exact) mass is 264 g/mol. The molecule has 10 heteroatoms. The second kappa shape index (κ2) is 3.61. The van der Waals surface area contributed by atoms with Crippen LogP contribution in [0.4, 0.5) is 31.5 Å². The van der Waals surface area contributed by atoms with Gasteiger partial charge in [0.1, 0.15) is 4.88 Å². The number of alkyl halides is 6. The van der Waals surface area contributed by atoms with Gasteiger partial charge >= 0.3 is 12.4 Å². The summed E-state index contributed by atoms with van der Waals surface area (Å²) in [6, 6.07) is 0. The minimum Gasteiger partial charge on any atom is -0.375 e. The van der Waals surface area contributed by atoms with Crippen LogP contribution in [0, 0.1) is 0 Å². The number of halogens is 6. The van der Waals surface area contributed by atoms with E-state index in [-0.39, 0.29) is 11.3 Å². The number of carbonyl (C=O) groups is 1. The van der Waals surface area contributed by atoms with Crippen LogP contribution in [-0.4, -0.2) is 16.9 Å². The normalized spacial score (nSPS) is 12.9. The molecular formula is C6H2F6N2OS. The summed E-state index contributed by atoms with van der Waals surface area (Å²) in [6.45, 7) is 0. The number of nitrogens with two attached hydrogens (primary N) is 1. The highest BCUT2D eigenvalue weighted by Crippen LogP contribution is 2.37. The SMILES string of the molecule is Nc1nc(C(F)(F)F)c(C(=O)C(F)(F)F)s1. The predicted octanol–water partition coefficient (Wildman–Crippen LogP) is 2.49. The van der Waals surface area contributed by atoms with Gasteiger partial charge in [0.25, 0.3) is 5.78 Å². The average molecular weight is 264 g/mol. The summed E-state index contributed by atoms with van der Waals surface area (Å²) in [5.74, 6) is -2.60. The Labute approximate surface area is 87.9 Å². The highest BCUT2D eigenvalue weighted by Gasteiger charge is 2.47. The molecule has 0 aliphatic heterocycles. The number of nitrogen functional groups attached to an aromatic ring is 1. The zero-order chi connectivity index (χ0) is 12.7. The quantitative estimate of drug-likeness (QED) is 0.626. The maximum Gasteiger partial charge on any atom is 0.455 e. The number of aromatic nitrogens is 1. The topological polar surface area (TPSA) is 56.0 Å². The molecule has 0 bridgehead atoms. The fourth-order valence-corrected chi connectivity index (χ4v) is 1.62. The second-order valence-electron chi connectivity index (χ2n) is 2.55. The van der Waals surface area contributed by atoms with Crippen molar-refractivity contribution in [3.63, 3.8) is 0 Å². The molecule has 0 saturated heterocycles. The Kier molecular flexibility index (Phi) is 2.88. The van der Waals surface area contributed by atoms with Gasteiger partial charge in [-0.15, -0.1) is 0 Å². The molecule has 1 aromatic rings. The minimum absolute atomic E-state index is 0.147. The van der Waals surface area contributed by atoms with E-state index in [1.54, 1.807) is 0 Å². The number of nitrogens with zero attached hydrogens (tertiary/aromatic N) is 1. The minimum atomic E-state index is -5.39. The van der Waals surface area contributed by atoms with Gasteiger partial charge in [0.05, 0.1) is 0 Å². The molecule has 2 N–H and O–H groups in total. The molecule has 0 atom stereocenters. The number of anilines is 1. The lowest BCUT2D eigenvalue weighted by Crippen LogP contribution is -2.24. The first-order valence-electron chi connectivity index (χ1n) is 3.48. The van der Waals surface area contributed by atoms with Crippen molar-refractivity contribution >= 4 is 22.3 Å². The maximum atomic E-state index is 12.2. The van der Waals surface area contributed by atoms with Crippen LogP contribution in [0.5, 0.6) is 0 Å². The van der Waals surface area contributed by atoms with Crippen molar-refractivity contribution in [3.8, 4) is 0 Å². The number of hydrogen-bond donors (Lipinski definition) is 1. The summed E-state index contributed by atoms with van der Waals surface area (Å²) in [6.07, 6.45) is -10.5. The third-order valence-corrected chi connectivity index (χ3v) is 2.26. The van der Waals surface area contributed by atoms with Crippen LogP contribution >= 0.6 is 11.3 Å². The largest absolute Gasteiger partial charge is 0.455 e. The summed E-state index contributed by atoms with van der Waals surface area (Å²) >= 11 is -0.147. The zero-order valence-corrected chi connectivity index (χ0v) is 7.93. The predicted molar refractivity (Wildman–Crippen MR) is 41.9 cm³/mol. The Morgan fingerprint density at radius 2 is 1.69 bits per heavy atom. The maximum absolute atomic E-state index is 12.2. The van der Waals surface area contributed by atoms with E-state index in [2.05, 4.69) is 4.98 Å². The molecule has 0 unspecified atom stereocenters. The summed E-state index contributed by atoms with van der Waals surface area (Å²) in [4.78, 5) is 11.8. The molecule has 3 nitrogen and oxygen atoms in total. The Bertz CT molecular complexity index is 420. The molecule has 0 aliphatic carbocycles. The molecular weight excluding hydrogens is 262 g/mol. The molecule has 0 radical (unpaired) electrons. The van der Waals surface area contributed by atoms with Crippen molar-refractivity contribution in [2.24, 2.45) is 0 Å². The van der Waals surface area contributed by atoms with Crippen LogP contribution in [0.1, 0.15) is 15.4 Å². The highest BCUT2D eigenvalue weighted by atomic mass is 32.1. The van der Waals surface area contributed by atoms with E-state index in [1.807, 2.05) is 0 Å². The number of ketones is 1. The zero-order valence-electron chi connectivity index (χ0n) is 7.11. The average Bonchev–Trinajstić information content (AvgIpc) is 2.43. The molecule has 0 aromatic carbocycles. The number of thiazole rings is 1. The first-order valence-corrected chi connectivity index (χ1v) is 4.30. The first-order chi connectivity index (χ1) is 7.03. The number of rotatable bonds is 1. The van der Waals surface area contributed by atoms with Crippen LogP contribution < -0.4 is 5.73 Å². The lowest BCUT2D eigenvalue weighted by atomic mass is 10.2. The molecule has 90 valence electrons. The van der Waals surface area contributed by atoms with Gasteiger partial charge in [-0.2, -0.15) is 26.3 Å². The van der Waals surface area contributed by atoms with E-state index in [1.165, 1.54) is 0 Å². The molecule has 1 aromatic heterocycles. The van der Waals surface area contributed by atoms with Crippen LogP contribution in [0.2, 0.25) is 0 Å². The van der Waals surface area contributed by atoms with E-state index in [4.69, 9.17) is 5.73 Å². The fraction of sp³-hybridized carbons (Fsp3) is 0.333. The van der Waals surface area contributed by atoms with Crippen molar-refractivity contribution in [1.82, 2.24) is 4.98 Å². The summed E-state index contributed by atoms with van der Waals surface area (Å²) < 4.78 is 72.3. The van der Waals surface area contributed by atoms with E-state index < -0.39 is 33.8 Å². The van der Waals surface area contributed by atoms with E-state index >= 15 is 0 Å². The molecule has 0 fully saturated rings. The van der Waals surface area contributed by atoms with Crippen molar-refractivity contribution in [1.29, 1.82) is 0 Å². The van der Waals surface area contributed by atoms with Crippen molar-refractivity contribution in [2.75, 3.05) is 5.73 Å². The fourth-order valence-electron chi connectivity index (χ4n) is 0.811. The summed E-state index contributed by atoms with van der Waals surface area (Å²) in [7, 11) is 0. The van der Waals surface area contributed by atoms with Crippen molar-refractivity contribution in [3.05, 3.63) is 10.6 Å². The molecule has 16 heavy (non-hydrogen) atoms. The lowest BCUT2D eigenvalue weighted by molar-refractivity contribution is -0.141. The molecule has 0 saturated carbocycles. The highest BCUT2D eigenvalue weighted by molar-refractivity contribution is 7.17. The Balaban J connectivity index is 3.30. The van der Waals surface area contributed by atoms with Gasteiger partial charge in [-0.05, 0) is 0 Å². The van der Waals surface area contributed by atoms with Gasteiger partial charge in [-0.25, -0.2) is 4.98 Å². The second-order valence-corrected chi connectivity index (χ2v) is 3.59. The Hall–Kier alpha value is -1.32. The smallest absolute Gasteiger partial charge is 0.375 e. The van der Waals surface area contributed by atoms with Gasteiger partial charge in [-0.3, -0.25) is 4.79 Å². The van der Waals surface area contributed by atoms with E-state index in [9.17, 15) is 31.1 Å². The molecule has 1 heterocycles. The van der Waals surface area contributed by atoms with E-state index in [0.717, 1.165) is 0 Å². The Morgan fingerprint density at radius 3 is 2.06 bits per heavy atom. The number of Topliss-reactive ketones (excluding diaryl/α,β-unsaturated/α-hetero) is 1. The molecule has 0 spiro atoms. The molecule has 1 rings (SSSR count). The van der Waals surface area contributed by atoms with Crippen molar-refractivity contribution in [2.45, 2.75) is 12.4 Å². The Morgan fingerprint density at radius 1 is 1.19 bits per heavy atom. The van der Waals surface area contributed by atoms with Gasteiger partial charge in [0.15, 0.2) is 10.8 Å². The van der Waals surface area contributed by atoms with Gasteiger partial charge in [-0.1, -0.05) is 11.3 Å². The van der Waals surface area contributed by atoms with Gasteiger partial charge in [0.2, 0.25) is 0 Å². The lowest BCUT2D eigenvalue weighted by Gasteiger charge is -2.06. The van der Waals surface area contributed by atoms with Gasteiger partial charge in [0, 0.05) is 0 Å². The molecule has 0 amide bonds. The standard InChI is InChI=1S/C6H2F6N2OS/c7-5(8,9)2-1(16-4(13)14-2)3(15)6(10,11)12/h(H2,13,14). The van der Waals surface area contributed by atoms with Gasteiger partial charge < -0.3 is 5.73 Å². The van der Waals surface area contributed by atoms with Crippen LogP contribution in [0.3, 0.4) is 0 Å². The van der Waals surface area contributed by atoms with Crippen LogP contribution in [-0.2, 0) is 6.18 Å². The summed E-state index contributed by atoms with van der Waals surface area (Å²) in [5.41, 5.74) is 2.94. The molecule has 0 aliphatic rings. The van der Waals surface area contributed by atoms with Crippen molar-refractivity contribution < 1.29 is 31.1 Å². The van der Waals surface area contributed by atoms with Crippen LogP contribution in [0.25, 0.3) is 0 Å². The summed E-state index contributed by atoms with van der Waals surface area (Å²) in [5, 5.41) is -0.750.